The average Bonchev–Trinajstić information content (AvgIpc) is 2.80. The molecule has 1 aliphatic carbocycles. The number of aromatic nitrogens is 2. The standard InChI is InChI=1S/C17H18ClN3O2/c1-20-16-12(10-22)3-2-4-14(16)21(17(20)19)9-15(23)11-5-7-13(18)8-6-11/h2-5,7-8,11,19,22H,6,9-10H2,1H3. The van der Waals surface area contributed by atoms with Crippen LogP contribution in [0.2, 0.25) is 0 Å². The van der Waals surface area contributed by atoms with Crippen molar-refractivity contribution in [3.63, 3.8) is 0 Å². The van der Waals surface area contributed by atoms with E-state index in [2.05, 4.69) is 0 Å². The van der Waals surface area contributed by atoms with E-state index in [-0.39, 0.29) is 30.5 Å². The van der Waals surface area contributed by atoms with Crippen LogP contribution in [0.3, 0.4) is 0 Å². The normalized spacial score (nSPS) is 17.5. The van der Waals surface area contributed by atoms with E-state index >= 15 is 0 Å². The van der Waals surface area contributed by atoms with Gasteiger partial charge in [0, 0.05) is 23.6 Å². The molecule has 120 valence electrons. The highest BCUT2D eigenvalue weighted by Crippen LogP contribution is 2.22. The van der Waals surface area contributed by atoms with Gasteiger partial charge in [0.15, 0.2) is 5.78 Å². The molecule has 1 aromatic carbocycles. The summed E-state index contributed by atoms with van der Waals surface area (Å²) in [5.41, 5.74) is 2.56. The minimum absolute atomic E-state index is 0.0436. The highest BCUT2D eigenvalue weighted by Gasteiger charge is 2.20. The number of ketones is 1. The Balaban J connectivity index is 1.98. The smallest absolute Gasteiger partial charge is 0.203 e. The van der Waals surface area contributed by atoms with Crippen LogP contribution < -0.4 is 5.62 Å². The van der Waals surface area contributed by atoms with Gasteiger partial charge in [-0.25, -0.2) is 0 Å². The van der Waals surface area contributed by atoms with Crippen molar-refractivity contribution in [2.24, 2.45) is 13.0 Å². The van der Waals surface area contributed by atoms with Gasteiger partial charge in [-0.3, -0.25) is 10.2 Å². The van der Waals surface area contributed by atoms with Crippen molar-refractivity contribution < 1.29 is 9.90 Å². The van der Waals surface area contributed by atoms with Gasteiger partial charge in [0.05, 0.1) is 24.2 Å². The van der Waals surface area contributed by atoms with E-state index in [0.29, 0.717) is 11.5 Å². The number of hydrogen-bond donors (Lipinski definition) is 2. The van der Waals surface area contributed by atoms with Gasteiger partial charge in [0.1, 0.15) is 0 Å². The Morgan fingerprint density at radius 2 is 2.26 bits per heavy atom. The third-order valence-corrected chi connectivity index (χ3v) is 4.53. The third kappa shape index (κ3) is 2.78. The van der Waals surface area contributed by atoms with Crippen molar-refractivity contribution in [2.75, 3.05) is 0 Å². The summed E-state index contributed by atoms with van der Waals surface area (Å²) < 4.78 is 3.38. The molecule has 2 N–H and O–H groups in total. The Labute approximate surface area is 138 Å². The van der Waals surface area contributed by atoms with E-state index in [1.807, 2.05) is 30.4 Å². The second-order valence-electron chi connectivity index (χ2n) is 5.67. The molecule has 2 aromatic rings. The molecule has 0 bridgehead atoms. The molecule has 0 amide bonds. The number of fused-ring (bicyclic) bond motifs is 1. The van der Waals surface area contributed by atoms with Gasteiger partial charge in [-0.05, 0) is 18.6 Å². The monoisotopic (exact) mass is 331 g/mol. The first kappa shape index (κ1) is 15.8. The number of para-hydroxylation sites is 1. The highest BCUT2D eigenvalue weighted by molar-refractivity contribution is 6.31. The number of aliphatic hydroxyl groups excluding tert-OH is 1. The van der Waals surface area contributed by atoms with Gasteiger partial charge in [-0.2, -0.15) is 0 Å². The molecule has 1 aromatic heterocycles. The van der Waals surface area contributed by atoms with E-state index in [4.69, 9.17) is 17.0 Å². The molecule has 1 unspecified atom stereocenters. The number of allylic oxidation sites excluding steroid dienone is 4. The molecule has 5 nitrogen and oxygen atoms in total. The SMILES string of the molecule is Cn1c(=N)n(CC(=O)C2C=CC(Cl)=CC2)c2cccc(CO)c21. The molecule has 6 heteroatoms. The minimum Gasteiger partial charge on any atom is -0.392 e. The second-order valence-corrected chi connectivity index (χ2v) is 6.10. The lowest BCUT2D eigenvalue weighted by Gasteiger charge is -2.13. The number of benzene rings is 1. The molecule has 1 heterocycles. The van der Waals surface area contributed by atoms with Crippen LogP contribution in [0.5, 0.6) is 0 Å². The first-order chi connectivity index (χ1) is 11.0. The summed E-state index contributed by atoms with van der Waals surface area (Å²) in [5, 5.41) is 18.4. The van der Waals surface area contributed by atoms with Gasteiger partial charge in [-0.15, -0.1) is 0 Å². The minimum atomic E-state index is -0.208. The maximum absolute atomic E-state index is 12.5. The Morgan fingerprint density at radius 1 is 1.48 bits per heavy atom. The fraction of sp³-hybridized carbons (Fsp3) is 0.294. The van der Waals surface area contributed by atoms with Crippen LogP contribution in [-0.2, 0) is 25.0 Å². The Kier molecular flexibility index (Phi) is 4.24. The molecule has 0 aliphatic heterocycles. The largest absolute Gasteiger partial charge is 0.392 e. The molecule has 1 aliphatic rings. The molecule has 0 spiro atoms. The maximum atomic E-state index is 12.5. The van der Waals surface area contributed by atoms with Gasteiger partial charge in [-0.1, -0.05) is 35.9 Å². The van der Waals surface area contributed by atoms with Crippen molar-refractivity contribution in [1.82, 2.24) is 9.13 Å². The number of nitrogens with one attached hydrogen (secondary N) is 1. The van der Waals surface area contributed by atoms with Crippen molar-refractivity contribution in [2.45, 2.75) is 19.6 Å². The number of aryl methyl sites for hydroxylation is 1. The number of imidazole rings is 1. The first-order valence-corrected chi connectivity index (χ1v) is 7.80. The maximum Gasteiger partial charge on any atom is 0.203 e. The molecule has 23 heavy (non-hydrogen) atoms. The summed E-state index contributed by atoms with van der Waals surface area (Å²) in [7, 11) is 1.77. The fourth-order valence-electron chi connectivity index (χ4n) is 2.98. The zero-order valence-electron chi connectivity index (χ0n) is 12.8. The van der Waals surface area contributed by atoms with Gasteiger partial charge in [0.25, 0.3) is 0 Å². The number of nitrogens with zero attached hydrogens (tertiary/aromatic N) is 2. The van der Waals surface area contributed by atoms with Crippen molar-refractivity contribution >= 4 is 28.4 Å². The Hall–Kier alpha value is -2.11. The zero-order valence-corrected chi connectivity index (χ0v) is 13.5. The summed E-state index contributed by atoms with van der Waals surface area (Å²) in [6.07, 6.45) is 5.99. The van der Waals surface area contributed by atoms with Gasteiger partial charge >= 0.3 is 0 Å². The fourth-order valence-corrected chi connectivity index (χ4v) is 3.14. The number of aliphatic hydroxyl groups is 1. The van der Waals surface area contributed by atoms with E-state index in [0.717, 1.165) is 16.6 Å². The first-order valence-electron chi connectivity index (χ1n) is 7.42. The van der Waals surface area contributed by atoms with E-state index in [9.17, 15) is 9.90 Å². The molecule has 0 fully saturated rings. The molecule has 0 saturated carbocycles. The third-order valence-electron chi connectivity index (χ3n) is 4.25. The molecule has 3 rings (SSSR count). The lowest BCUT2D eigenvalue weighted by atomic mass is 9.96. The summed E-state index contributed by atoms with van der Waals surface area (Å²) in [6, 6.07) is 5.52. The summed E-state index contributed by atoms with van der Waals surface area (Å²) in [6.45, 7) is 0.0305. The van der Waals surface area contributed by atoms with Crippen molar-refractivity contribution in [3.8, 4) is 0 Å². The molecular formula is C17H18ClN3O2. The lowest BCUT2D eigenvalue weighted by molar-refractivity contribution is -0.122. The quantitative estimate of drug-likeness (QED) is 0.901. The van der Waals surface area contributed by atoms with Crippen molar-refractivity contribution in [3.05, 3.63) is 52.6 Å². The van der Waals surface area contributed by atoms with Crippen molar-refractivity contribution in [1.29, 1.82) is 5.41 Å². The number of rotatable bonds is 4. The number of carbonyl (C=O) groups is 1. The Bertz CT molecular complexity index is 889. The average molecular weight is 332 g/mol. The molecule has 1 atom stereocenters. The lowest BCUT2D eigenvalue weighted by Crippen LogP contribution is -2.28. The summed E-state index contributed by atoms with van der Waals surface area (Å²) >= 11 is 5.89. The topological polar surface area (TPSA) is 71.0 Å². The highest BCUT2D eigenvalue weighted by atomic mass is 35.5. The zero-order chi connectivity index (χ0) is 16.6. The van der Waals surface area contributed by atoms with E-state index < -0.39 is 0 Å². The predicted molar refractivity (Wildman–Crippen MR) is 88.9 cm³/mol. The van der Waals surface area contributed by atoms with Crippen LogP contribution in [0.25, 0.3) is 11.0 Å². The number of halogens is 1. The van der Waals surface area contributed by atoms with Crippen LogP contribution in [0.1, 0.15) is 12.0 Å². The summed E-state index contributed by atoms with van der Waals surface area (Å²) in [5.74, 6) is -0.164. The second kappa shape index (κ2) is 6.18. The van der Waals surface area contributed by atoms with Gasteiger partial charge < -0.3 is 14.2 Å². The number of hydrogen-bond acceptors (Lipinski definition) is 3. The van der Waals surface area contributed by atoms with Gasteiger partial charge in [0.2, 0.25) is 5.62 Å². The number of Topliss-reactive ketones (excluding diaryl/α,β-unsaturated/α-hetero) is 1. The van der Waals surface area contributed by atoms with Crippen LogP contribution in [0.4, 0.5) is 0 Å². The van der Waals surface area contributed by atoms with Crippen LogP contribution >= 0.6 is 11.6 Å². The molecule has 0 radical (unpaired) electrons. The van der Waals surface area contributed by atoms with E-state index in [1.54, 1.807) is 22.3 Å². The van der Waals surface area contributed by atoms with Crippen LogP contribution in [0, 0.1) is 11.3 Å². The molecule has 0 saturated heterocycles. The molecular weight excluding hydrogens is 314 g/mol. The summed E-state index contributed by atoms with van der Waals surface area (Å²) in [4.78, 5) is 12.5. The number of carbonyl (C=O) groups excluding carboxylic acids is 1. The van der Waals surface area contributed by atoms with Crippen LogP contribution in [0.15, 0.2) is 41.5 Å². The predicted octanol–water partition coefficient (Wildman–Crippen LogP) is 2.22. The van der Waals surface area contributed by atoms with E-state index in [1.165, 1.54) is 0 Å². The van der Waals surface area contributed by atoms with Crippen LogP contribution in [-0.4, -0.2) is 20.0 Å². The Morgan fingerprint density at radius 3 is 2.91 bits per heavy atom.